The standard InChI is InChI=1S/C6H10N2/c1-2-6-3-4-7-8(6)5-1/h3-4,6-7H,1-2,5H2. The highest BCUT2D eigenvalue weighted by atomic mass is 15.5. The Morgan fingerprint density at radius 1 is 1.62 bits per heavy atom. The van der Waals surface area contributed by atoms with Gasteiger partial charge in [0, 0.05) is 18.8 Å². The van der Waals surface area contributed by atoms with E-state index in [0.717, 1.165) is 6.04 Å². The van der Waals surface area contributed by atoms with Gasteiger partial charge in [-0.25, -0.2) is 5.01 Å². The Morgan fingerprint density at radius 3 is 3.50 bits per heavy atom. The maximum atomic E-state index is 3.17. The Hall–Kier alpha value is -0.500. The minimum absolute atomic E-state index is 0.718. The van der Waals surface area contributed by atoms with Crippen molar-refractivity contribution in [2.75, 3.05) is 6.54 Å². The monoisotopic (exact) mass is 110 g/mol. The van der Waals surface area contributed by atoms with E-state index in [1.807, 2.05) is 6.20 Å². The van der Waals surface area contributed by atoms with E-state index in [1.165, 1.54) is 19.4 Å². The Bertz CT molecular complexity index is 120. The van der Waals surface area contributed by atoms with Crippen LogP contribution in [0.4, 0.5) is 0 Å². The third kappa shape index (κ3) is 0.464. The van der Waals surface area contributed by atoms with E-state index in [1.54, 1.807) is 0 Å². The zero-order valence-corrected chi connectivity index (χ0v) is 4.80. The zero-order chi connectivity index (χ0) is 5.40. The molecular formula is C6H10N2. The van der Waals surface area contributed by atoms with Gasteiger partial charge in [0.15, 0.2) is 0 Å². The molecule has 0 radical (unpaired) electrons. The molecule has 0 saturated carbocycles. The highest BCUT2D eigenvalue weighted by Crippen LogP contribution is 2.18. The Balaban J connectivity index is 2.13. The van der Waals surface area contributed by atoms with Crippen molar-refractivity contribution in [3.63, 3.8) is 0 Å². The van der Waals surface area contributed by atoms with Crippen molar-refractivity contribution in [2.45, 2.75) is 18.9 Å². The van der Waals surface area contributed by atoms with Crippen LogP contribution in [0.3, 0.4) is 0 Å². The Morgan fingerprint density at radius 2 is 2.62 bits per heavy atom. The summed E-state index contributed by atoms with van der Waals surface area (Å²) >= 11 is 0. The van der Waals surface area contributed by atoms with Crippen molar-refractivity contribution in [1.29, 1.82) is 0 Å². The van der Waals surface area contributed by atoms with E-state index in [4.69, 9.17) is 0 Å². The molecule has 0 spiro atoms. The maximum Gasteiger partial charge on any atom is 0.0488 e. The number of hydrogen-bond donors (Lipinski definition) is 1. The molecule has 0 aliphatic carbocycles. The largest absolute Gasteiger partial charge is 0.326 e. The zero-order valence-electron chi connectivity index (χ0n) is 4.80. The molecule has 2 nitrogen and oxygen atoms in total. The molecule has 2 rings (SSSR count). The lowest BCUT2D eigenvalue weighted by Crippen LogP contribution is -2.31. The van der Waals surface area contributed by atoms with Gasteiger partial charge in [-0.15, -0.1) is 0 Å². The summed E-state index contributed by atoms with van der Waals surface area (Å²) in [4.78, 5) is 0. The third-order valence-electron chi connectivity index (χ3n) is 1.86. The second-order valence-corrected chi connectivity index (χ2v) is 2.39. The summed E-state index contributed by atoms with van der Waals surface area (Å²) in [6, 6.07) is 0.718. The number of fused-ring (bicyclic) bond motifs is 1. The minimum Gasteiger partial charge on any atom is -0.326 e. The Labute approximate surface area is 49.1 Å². The fourth-order valence-corrected chi connectivity index (χ4v) is 1.40. The van der Waals surface area contributed by atoms with Gasteiger partial charge in [-0.2, -0.15) is 0 Å². The first-order chi connectivity index (χ1) is 3.97. The van der Waals surface area contributed by atoms with Crippen LogP contribution in [0.25, 0.3) is 0 Å². The summed E-state index contributed by atoms with van der Waals surface area (Å²) in [7, 11) is 0. The first kappa shape index (κ1) is 4.39. The van der Waals surface area contributed by atoms with Crippen LogP contribution in [0, 0.1) is 0 Å². The van der Waals surface area contributed by atoms with Crippen LogP contribution in [-0.4, -0.2) is 17.6 Å². The van der Waals surface area contributed by atoms with Gasteiger partial charge in [0.1, 0.15) is 0 Å². The van der Waals surface area contributed by atoms with Crippen LogP contribution >= 0.6 is 0 Å². The number of rotatable bonds is 0. The summed E-state index contributed by atoms with van der Waals surface area (Å²) in [6.45, 7) is 1.22. The Kier molecular flexibility index (Phi) is 0.815. The summed E-state index contributed by atoms with van der Waals surface area (Å²) in [5.41, 5.74) is 3.17. The molecule has 2 heteroatoms. The van der Waals surface area contributed by atoms with Gasteiger partial charge in [0.05, 0.1) is 0 Å². The summed E-state index contributed by atoms with van der Waals surface area (Å²) in [6.07, 6.45) is 6.95. The van der Waals surface area contributed by atoms with E-state index in [-0.39, 0.29) is 0 Å². The van der Waals surface area contributed by atoms with Crippen LogP contribution in [0.15, 0.2) is 12.3 Å². The predicted octanol–water partition coefficient (Wildman–Crippen LogP) is 0.483. The maximum absolute atomic E-state index is 3.17. The van der Waals surface area contributed by atoms with Crippen LogP contribution in [0.5, 0.6) is 0 Å². The molecule has 2 aliphatic heterocycles. The van der Waals surface area contributed by atoms with E-state index in [2.05, 4.69) is 16.5 Å². The molecule has 0 amide bonds. The quantitative estimate of drug-likeness (QED) is 0.488. The van der Waals surface area contributed by atoms with E-state index in [0.29, 0.717) is 0 Å². The SMILES string of the molecule is C1=CC2CCCN2N1. The highest BCUT2D eigenvalue weighted by molar-refractivity contribution is 5.01. The van der Waals surface area contributed by atoms with Crippen molar-refractivity contribution in [3.05, 3.63) is 12.3 Å². The van der Waals surface area contributed by atoms with E-state index >= 15 is 0 Å². The number of nitrogens with zero attached hydrogens (tertiary/aromatic N) is 1. The van der Waals surface area contributed by atoms with Gasteiger partial charge in [0.25, 0.3) is 0 Å². The van der Waals surface area contributed by atoms with Gasteiger partial charge in [0.2, 0.25) is 0 Å². The molecule has 1 N–H and O–H groups in total. The molecule has 0 bridgehead atoms. The first-order valence-electron chi connectivity index (χ1n) is 3.16. The highest BCUT2D eigenvalue weighted by Gasteiger charge is 2.23. The summed E-state index contributed by atoms with van der Waals surface area (Å²) in [5, 5.41) is 2.28. The fourth-order valence-electron chi connectivity index (χ4n) is 1.40. The molecular weight excluding hydrogens is 100 g/mol. The lowest BCUT2D eigenvalue weighted by atomic mass is 10.2. The molecule has 1 unspecified atom stereocenters. The minimum atomic E-state index is 0.718. The van der Waals surface area contributed by atoms with E-state index in [9.17, 15) is 0 Å². The summed E-state index contributed by atoms with van der Waals surface area (Å²) in [5.74, 6) is 0. The van der Waals surface area contributed by atoms with Gasteiger partial charge in [-0.05, 0) is 18.9 Å². The number of nitrogens with one attached hydrogen (secondary N) is 1. The van der Waals surface area contributed by atoms with Crippen molar-refractivity contribution < 1.29 is 0 Å². The molecule has 0 aromatic heterocycles. The average Bonchev–Trinajstić information content (AvgIpc) is 2.15. The lowest BCUT2D eigenvalue weighted by Gasteiger charge is -2.13. The van der Waals surface area contributed by atoms with E-state index < -0.39 is 0 Å². The van der Waals surface area contributed by atoms with Crippen molar-refractivity contribution in [3.8, 4) is 0 Å². The second kappa shape index (κ2) is 1.49. The fraction of sp³-hybridized carbons (Fsp3) is 0.667. The molecule has 0 aromatic carbocycles. The predicted molar refractivity (Wildman–Crippen MR) is 32.0 cm³/mol. The van der Waals surface area contributed by atoms with Crippen LogP contribution in [-0.2, 0) is 0 Å². The molecule has 1 fully saturated rings. The first-order valence-corrected chi connectivity index (χ1v) is 3.16. The van der Waals surface area contributed by atoms with Gasteiger partial charge >= 0.3 is 0 Å². The van der Waals surface area contributed by atoms with Crippen LogP contribution in [0.2, 0.25) is 0 Å². The molecule has 2 heterocycles. The van der Waals surface area contributed by atoms with Crippen molar-refractivity contribution in [2.24, 2.45) is 0 Å². The van der Waals surface area contributed by atoms with Crippen molar-refractivity contribution in [1.82, 2.24) is 10.4 Å². The normalized spacial score (nSPS) is 35.2. The smallest absolute Gasteiger partial charge is 0.0488 e. The van der Waals surface area contributed by atoms with Gasteiger partial charge < -0.3 is 5.43 Å². The second-order valence-electron chi connectivity index (χ2n) is 2.39. The molecule has 1 saturated heterocycles. The van der Waals surface area contributed by atoms with Gasteiger partial charge in [-0.1, -0.05) is 0 Å². The molecule has 2 aliphatic rings. The van der Waals surface area contributed by atoms with Crippen LogP contribution < -0.4 is 5.43 Å². The molecule has 8 heavy (non-hydrogen) atoms. The van der Waals surface area contributed by atoms with Gasteiger partial charge in [-0.3, -0.25) is 0 Å². The topological polar surface area (TPSA) is 15.3 Å². The van der Waals surface area contributed by atoms with Crippen LogP contribution in [0.1, 0.15) is 12.8 Å². The van der Waals surface area contributed by atoms with Crippen molar-refractivity contribution >= 4 is 0 Å². The molecule has 0 aromatic rings. The molecule has 1 atom stereocenters. The lowest BCUT2D eigenvalue weighted by molar-refractivity contribution is 0.258. The number of hydrogen-bond acceptors (Lipinski definition) is 2. The number of hydrazine groups is 1. The molecule has 44 valence electrons. The average molecular weight is 110 g/mol. The summed E-state index contributed by atoms with van der Waals surface area (Å²) < 4.78 is 0. The third-order valence-corrected chi connectivity index (χ3v) is 1.86.